The molecule has 0 aliphatic carbocycles. The molecular weight excluding hydrogens is 278 g/mol. The lowest BCUT2D eigenvalue weighted by Gasteiger charge is -2.33. The van der Waals surface area contributed by atoms with E-state index >= 15 is 0 Å². The van der Waals surface area contributed by atoms with E-state index < -0.39 is 0 Å². The number of nitrogens with one attached hydrogen (secondary N) is 1. The zero-order chi connectivity index (χ0) is 14.7. The Bertz CT molecular complexity index is 533. The maximum Gasteiger partial charge on any atom is 0.257 e. The summed E-state index contributed by atoms with van der Waals surface area (Å²) in [5.41, 5.74) is 1.20. The molecule has 2 amide bonds. The van der Waals surface area contributed by atoms with Crippen LogP contribution < -0.4 is 5.32 Å². The topological polar surface area (TPSA) is 62.3 Å². The second kappa shape index (κ2) is 6.22. The van der Waals surface area contributed by atoms with Crippen LogP contribution in [0.15, 0.2) is 12.3 Å². The molecule has 1 aromatic heterocycles. The predicted octanol–water partition coefficient (Wildman–Crippen LogP) is 1.78. The first-order valence-electron chi connectivity index (χ1n) is 6.66. The molecule has 1 aliphatic rings. The minimum Gasteiger partial charge on any atom is -0.352 e. The molecule has 0 aromatic carbocycles. The molecule has 6 heteroatoms. The van der Waals surface area contributed by atoms with E-state index in [-0.39, 0.29) is 17.9 Å². The third-order valence-corrected chi connectivity index (χ3v) is 3.65. The molecule has 108 valence electrons. The number of carbonyl (C=O) groups is 2. The summed E-state index contributed by atoms with van der Waals surface area (Å²) in [5, 5.41) is 3.28. The van der Waals surface area contributed by atoms with Gasteiger partial charge in [0, 0.05) is 37.9 Å². The Labute approximate surface area is 123 Å². The predicted molar refractivity (Wildman–Crippen MR) is 76.7 cm³/mol. The monoisotopic (exact) mass is 295 g/mol. The summed E-state index contributed by atoms with van der Waals surface area (Å²) < 4.78 is 0. The van der Waals surface area contributed by atoms with Gasteiger partial charge in [-0.25, -0.2) is 0 Å². The normalized spacial score (nSPS) is 18.8. The van der Waals surface area contributed by atoms with Gasteiger partial charge in [-0.3, -0.25) is 14.6 Å². The van der Waals surface area contributed by atoms with Crippen LogP contribution in [0.2, 0.25) is 5.02 Å². The molecule has 1 saturated heterocycles. The van der Waals surface area contributed by atoms with Gasteiger partial charge in [0.1, 0.15) is 0 Å². The maximum atomic E-state index is 12.5. The first-order chi connectivity index (χ1) is 9.47. The van der Waals surface area contributed by atoms with Crippen LogP contribution in [0.25, 0.3) is 0 Å². The second-order valence-electron chi connectivity index (χ2n) is 5.10. The lowest BCUT2D eigenvalue weighted by molar-refractivity contribution is -0.120. The zero-order valence-corrected chi connectivity index (χ0v) is 12.4. The standard InChI is InChI=1S/C14H18ClN3O2/c1-9-6-13(15)12(7-16-9)14(20)18-5-3-4-11(8-18)17-10(2)19/h6-7,11H,3-5,8H2,1-2H3,(H,17,19). The summed E-state index contributed by atoms with van der Waals surface area (Å²) in [7, 11) is 0. The van der Waals surface area contributed by atoms with E-state index in [0.29, 0.717) is 23.7 Å². The molecule has 1 fully saturated rings. The highest BCUT2D eigenvalue weighted by Gasteiger charge is 2.26. The first-order valence-corrected chi connectivity index (χ1v) is 7.03. The van der Waals surface area contributed by atoms with Crippen molar-refractivity contribution in [1.82, 2.24) is 15.2 Å². The molecular formula is C14H18ClN3O2. The molecule has 1 aliphatic heterocycles. The number of hydrogen-bond donors (Lipinski definition) is 1. The Morgan fingerprint density at radius 2 is 2.25 bits per heavy atom. The number of amides is 2. The van der Waals surface area contributed by atoms with Crippen LogP contribution >= 0.6 is 11.6 Å². The van der Waals surface area contributed by atoms with Gasteiger partial charge in [0.2, 0.25) is 5.91 Å². The lowest BCUT2D eigenvalue weighted by Crippen LogP contribution is -2.49. The largest absolute Gasteiger partial charge is 0.352 e. The highest BCUT2D eigenvalue weighted by molar-refractivity contribution is 6.33. The number of piperidine rings is 1. The number of aromatic nitrogens is 1. The minimum absolute atomic E-state index is 0.0161. The number of hydrogen-bond acceptors (Lipinski definition) is 3. The van der Waals surface area contributed by atoms with Crippen molar-refractivity contribution in [2.24, 2.45) is 0 Å². The van der Waals surface area contributed by atoms with Crippen LogP contribution in [0.3, 0.4) is 0 Å². The molecule has 0 radical (unpaired) electrons. The van der Waals surface area contributed by atoms with Crippen molar-refractivity contribution < 1.29 is 9.59 Å². The van der Waals surface area contributed by atoms with Gasteiger partial charge < -0.3 is 10.2 Å². The van der Waals surface area contributed by atoms with Gasteiger partial charge in [-0.05, 0) is 25.8 Å². The van der Waals surface area contributed by atoms with E-state index in [0.717, 1.165) is 18.5 Å². The number of carbonyl (C=O) groups excluding carboxylic acids is 2. The van der Waals surface area contributed by atoms with Crippen LogP contribution in [0.5, 0.6) is 0 Å². The number of halogens is 1. The molecule has 0 spiro atoms. The summed E-state index contributed by atoms with van der Waals surface area (Å²) in [6.07, 6.45) is 3.28. The van der Waals surface area contributed by atoms with Crippen molar-refractivity contribution in [1.29, 1.82) is 0 Å². The summed E-state index contributed by atoms with van der Waals surface area (Å²) in [4.78, 5) is 29.4. The molecule has 1 aromatic rings. The number of pyridine rings is 1. The fraction of sp³-hybridized carbons (Fsp3) is 0.500. The Hall–Kier alpha value is -1.62. The number of likely N-dealkylation sites (tertiary alicyclic amines) is 1. The first kappa shape index (κ1) is 14.8. The number of rotatable bonds is 2. The SMILES string of the molecule is CC(=O)NC1CCCN(C(=O)c2cnc(C)cc2Cl)C1. The van der Waals surface area contributed by atoms with Gasteiger partial charge in [-0.2, -0.15) is 0 Å². The van der Waals surface area contributed by atoms with Crippen molar-refractivity contribution in [2.45, 2.75) is 32.7 Å². The highest BCUT2D eigenvalue weighted by Crippen LogP contribution is 2.20. The van der Waals surface area contributed by atoms with Gasteiger partial charge in [0.05, 0.1) is 10.6 Å². The highest BCUT2D eigenvalue weighted by atomic mass is 35.5. The fourth-order valence-corrected chi connectivity index (χ4v) is 2.71. The van der Waals surface area contributed by atoms with E-state index in [9.17, 15) is 9.59 Å². The molecule has 20 heavy (non-hydrogen) atoms. The molecule has 2 heterocycles. The maximum absolute atomic E-state index is 12.5. The zero-order valence-electron chi connectivity index (χ0n) is 11.6. The summed E-state index contributed by atoms with van der Waals surface area (Å²) in [6, 6.07) is 1.70. The van der Waals surface area contributed by atoms with Crippen LogP contribution in [-0.4, -0.2) is 40.8 Å². The Morgan fingerprint density at radius 3 is 2.90 bits per heavy atom. The summed E-state index contributed by atoms with van der Waals surface area (Å²) in [5.74, 6) is -0.197. The third-order valence-electron chi connectivity index (χ3n) is 3.34. The smallest absolute Gasteiger partial charge is 0.257 e. The van der Waals surface area contributed by atoms with Crippen LogP contribution in [0.4, 0.5) is 0 Å². The molecule has 1 atom stereocenters. The Morgan fingerprint density at radius 1 is 1.50 bits per heavy atom. The van der Waals surface area contributed by atoms with Crippen molar-refractivity contribution in [3.63, 3.8) is 0 Å². The molecule has 1 N–H and O–H groups in total. The van der Waals surface area contributed by atoms with Gasteiger partial charge >= 0.3 is 0 Å². The van der Waals surface area contributed by atoms with Gasteiger partial charge in [-0.15, -0.1) is 0 Å². The number of aryl methyl sites for hydroxylation is 1. The van der Waals surface area contributed by atoms with Gasteiger partial charge in [-0.1, -0.05) is 11.6 Å². The van der Waals surface area contributed by atoms with E-state index in [1.54, 1.807) is 11.0 Å². The van der Waals surface area contributed by atoms with Crippen LogP contribution in [-0.2, 0) is 4.79 Å². The molecule has 2 rings (SSSR count). The van der Waals surface area contributed by atoms with E-state index in [1.165, 1.54) is 13.1 Å². The van der Waals surface area contributed by atoms with Gasteiger partial charge in [0.15, 0.2) is 0 Å². The van der Waals surface area contributed by atoms with Crippen LogP contribution in [0, 0.1) is 6.92 Å². The third kappa shape index (κ3) is 3.48. The molecule has 0 bridgehead atoms. The second-order valence-corrected chi connectivity index (χ2v) is 5.50. The summed E-state index contributed by atoms with van der Waals surface area (Å²) in [6.45, 7) is 4.51. The summed E-state index contributed by atoms with van der Waals surface area (Å²) >= 11 is 6.11. The fourth-order valence-electron chi connectivity index (χ4n) is 2.42. The van der Waals surface area contributed by atoms with Crippen LogP contribution in [0.1, 0.15) is 35.8 Å². The number of nitrogens with zero attached hydrogens (tertiary/aromatic N) is 2. The quantitative estimate of drug-likeness (QED) is 0.905. The van der Waals surface area contributed by atoms with Crippen molar-refractivity contribution in [3.8, 4) is 0 Å². The Kier molecular flexibility index (Phi) is 4.60. The van der Waals surface area contributed by atoms with Crippen molar-refractivity contribution in [3.05, 3.63) is 28.5 Å². The minimum atomic E-state index is -0.127. The average molecular weight is 296 g/mol. The van der Waals surface area contributed by atoms with E-state index in [2.05, 4.69) is 10.3 Å². The van der Waals surface area contributed by atoms with Gasteiger partial charge in [0.25, 0.3) is 5.91 Å². The van der Waals surface area contributed by atoms with E-state index in [1.807, 2.05) is 6.92 Å². The van der Waals surface area contributed by atoms with Crippen molar-refractivity contribution in [2.75, 3.05) is 13.1 Å². The Balaban J connectivity index is 2.10. The van der Waals surface area contributed by atoms with E-state index in [4.69, 9.17) is 11.6 Å². The van der Waals surface area contributed by atoms with Crippen molar-refractivity contribution >= 4 is 23.4 Å². The average Bonchev–Trinajstić information content (AvgIpc) is 2.37. The molecule has 0 saturated carbocycles. The molecule has 5 nitrogen and oxygen atoms in total. The lowest BCUT2D eigenvalue weighted by atomic mass is 10.0. The molecule has 1 unspecified atom stereocenters.